The third-order valence-electron chi connectivity index (χ3n) is 2.89. The van der Waals surface area contributed by atoms with E-state index in [1.165, 1.54) is 4.57 Å². The molecule has 0 fully saturated rings. The van der Waals surface area contributed by atoms with Crippen LogP contribution in [0.5, 0.6) is 0 Å². The van der Waals surface area contributed by atoms with E-state index in [1.54, 1.807) is 24.7 Å². The van der Waals surface area contributed by atoms with Crippen LogP contribution in [-0.2, 0) is 11.3 Å². The summed E-state index contributed by atoms with van der Waals surface area (Å²) in [5.41, 5.74) is 1.77. The number of benzene rings is 1. The molecule has 0 aliphatic heterocycles. The van der Waals surface area contributed by atoms with Crippen LogP contribution in [0.15, 0.2) is 61.1 Å². The number of ether oxygens (including phenoxy) is 1. The zero-order chi connectivity index (χ0) is 13.1. The van der Waals surface area contributed by atoms with E-state index >= 15 is 0 Å². The van der Waals surface area contributed by atoms with E-state index in [4.69, 9.17) is 4.74 Å². The number of fused-ring (bicyclic) bond motifs is 1. The van der Waals surface area contributed by atoms with Crippen molar-refractivity contribution in [3.63, 3.8) is 0 Å². The lowest BCUT2D eigenvalue weighted by Crippen LogP contribution is -2.12. The Morgan fingerprint density at radius 1 is 1.16 bits per heavy atom. The van der Waals surface area contributed by atoms with E-state index < -0.39 is 0 Å². The summed E-state index contributed by atoms with van der Waals surface area (Å²) < 4.78 is 6.77. The maximum atomic E-state index is 12.0. The Hall–Kier alpha value is -2.62. The summed E-state index contributed by atoms with van der Waals surface area (Å²) >= 11 is 0. The van der Waals surface area contributed by atoms with Gasteiger partial charge in [0, 0.05) is 24.0 Å². The van der Waals surface area contributed by atoms with E-state index in [9.17, 15) is 4.79 Å². The van der Waals surface area contributed by atoms with Crippen molar-refractivity contribution in [1.82, 2.24) is 9.55 Å². The van der Waals surface area contributed by atoms with Gasteiger partial charge in [-0.3, -0.25) is 9.55 Å². The van der Waals surface area contributed by atoms with Crippen molar-refractivity contribution in [2.24, 2.45) is 0 Å². The van der Waals surface area contributed by atoms with Crippen molar-refractivity contribution in [3.05, 3.63) is 66.6 Å². The minimum Gasteiger partial charge on any atom is -0.444 e. The van der Waals surface area contributed by atoms with Gasteiger partial charge >= 0.3 is 6.09 Å². The Labute approximate surface area is 110 Å². The predicted molar refractivity (Wildman–Crippen MR) is 71.8 cm³/mol. The lowest BCUT2D eigenvalue weighted by molar-refractivity contribution is 0.142. The highest BCUT2D eigenvalue weighted by Crippen LogP contribution is 2.14. The van der Waals surface area contributed by atoms with Crippen molar-refractivity contribution in [3.8, 4) is 0 Å². The number of nitrogens with zero attached hydrogens (tertiary/aromatic N) is 2. The number of pyridine rings is 1. The second-order valence-corrected chi connectivity index (χ2v) is 4.16. The Morgan fingerprint density at radius 2 is 2.00 bits per heavy atom. The fourth-order valence-electron chi connectivity index (χ4n) is 1.93. The maximum Gasteiger partial charge on any atom is 0.418 e. The minimum atomic E-state index is -0.384. The standard InChI is InChI=1S/C15H12N2O2/c18-15(19-11-12-4-2-1-3-5-12)17-9-7-13-10-16-8-6-14(13)17/h1-10H,11H2. The van der Waals surface area contributed by atoms with Gasteiger partial charge in [-0.2, -0.15) is 0 Å². The van der Waals surface area contributed by atoms with Gasteiger partial charge in [0.1, 0.15) is 6.61 Å². The molecule has 0 saturated carbocycles. The lowest BCUT2D eigenvalue weighted by atomic mass is 10.2. The highest BCUT2D eigenvalue weighted by molar-refractivity contribution is 5.88. The highest BCUT2D eigenvalue weighted by atomic mass is 16.5. The van der Waals surface area contributed by atoms with Crippen LogP contribution in [0.3, 0.4) is 0 Å². The van der Waals surface area contributed by atoms with Crippen molar-refractivity contribution in [2.45, 2.75) is 6.61 Å². The fraction of sp³-hybridized carbons (Fsp3) is 0.0667. The average molecular weight is 252 g/mol. The van der Waals surface area contributed by atoms with E-state index in [0.717, 1.165) is 16.5 Å². The molecule has 94 valence electrons. The smallest absolute Gasteiger partial charge is 0.418 e. The first-order valence-corrected chi connectivity index (χ1v) is 5.97. The Kier molecular flexibility index (Phi) is 2.98. The van der Waals surface area contributed by atoms with Gasteiger partial charge < -0.3 is 4.74 Å². The summed E-state index contributed by atoms with van der Waals surface area (Å²) in [6.07, 6.45) is 4.68. The molecule has 0 N–H and O–H groups in total. The number of hydrogen-bond donors (Lipinski definition) is 0. The molecule has 0 radical (unpaired) electrons. The molecule has 0 unspecified atom stereocenters. The summed E-state index contributed by atoms with van der Waals surface area (Å²) in [4.78, 5) is 16.0. The molecular weight excluding hydrogens is 240 g/mol. The van der Waals surface area contributed by atoms with E-state index in [2.05, 4.69) is 4.98 Å². The predicted octanol–water partition coefficient (Wildman–Crippen LogP) is 3.22. The zero-order valence-electron chi connectivity index (χ0n) is 10.2. The number of rotatable bonds is 2. The van der Waals surface area contributed by atoms with E-state index in [-0.39, 0.29) is 12.7 Å². The Morgan fingerprint density at radius 3 is 2.84 bits per heavy atom. The van der Waals surface area contributed by atoms with Gasteiger partial charge in [0.05, 0.1) is 5.52 Å². The summed E-state index contributed by atoms with van der Waals surface area (Å²) in [7, 11) is 0. The van der Waals surface area contributed by atoms with Gasteiger partial charge in [0.15, 0.2) is 0 Å². The topological polar surface area (TPSA) is 44.1 Å². The molecular formula is C15H12N2O2. The second kappa shape index (κ2) is 4.94. The third kappa shape index (κ3) is 2.33. The van der Waals surface area contributed by atoms with Crippen LogP contribution in [0.4, 0.5) is 4.79 Å². The first kappa shape index (κ1) is 11.5. The molecule has 1 aromatic carbocycles. The first-order chi connectivity index (χ1) is 9.34. The number of hydrogen-bond acceptors (Lipinski definition) is 3. The van der Waals surface area contributed by atoms with Crippen molar-refractivity contribution < 1.29 is 9.53 Å². The fourth-order valence-corrected chi connectivity index (χ4v) is 1.93. The van der Waals surface area contributed by atoms with Gasteiger partial charge in [0.2, 0.25) is 0 Å². The molecule has 19 heavy (non-hydrogen) atoms. The normalized spacial score (nSPS) is 10.5. The van der Waals surface area contributed by atoms with Gasteiger partial charge in [-0.1, -0.05) is 30.3 Å². The Bertz CT molecular complexity index is 704. The summed E-state index contributed by atoms with van der Waals surface area (Å²) in [6, 6.07) is 13.2. The zero-order valence-corrected chi connectivity index (χ0v) is 10.2. The third-order valence-corrected chi connectivity index (χ3v) is 2.89. The average Bonchev–Trinajstić information content (AvgIpc) is 2.90. The molecule has 3 aromatic rings. The van der Waals surface area contributed by atoms with Gasteiger partial charge in [-0.15, -0.1) is 0 Å². The number of carbonyl (C=O) groups excluding carboxylic acids is 1. The lowest BCUT2D eigenvalue weighted by Gasteiger charge is -2.06. The molecule has 0 amide bonds. The van der Waals surface area contributed by atoms with Crippen LogP contribution in [0.2, 0.25) is 0 Å². The molecule has 0 bridgehead atoms. The van der Waals surface area contributed by atoms with Crippen molar-refractivity contribution in [1.29, 1.82) is 0 Å². The molecule has 0 spiro atoms. The summed E-state index contributed by atoms with van der Waals surface area (Å²) in [5.74, 6) is 0. The largest absolute Gasteiger partial charge is 0.444 e. The van der Waals surface area contributed by atoms with E-state index in [0.29, 0.717) is 0 Å². The molecule has 0 saturated heterocycles. The van der Waals surface area contributed by atoms with Crippen molar-refractivity contribution >= 4 is 17.0 Å². The number of aromatic nitrogens is 2. The molecule has 3 rings (SSSR count). The first-order valence-electron chi connectivity index (χ1n) is 5.97. The quantitative estimate of drug-likeness (QED) is 0.703. The molecule has 0 aliphatic rings. The van der Waals surface area contributed by atoms with Gasteiger partial charge in [-0.25, -0.2) is 4.79 Å². The summed E-state index contributed by atoms with van der Waals surface area (Å²) in [5, 5.41) is 0.916. The van der Waals surface area contributed by atoms with E-state index in [1.807, 2.05) is 36.4 Å². The molecule has 4 nitrogen and oxygen atoms in total. The molecule has 2 aromatic heterocycles. The van der Waals surface area contributed by atoms with Gasteiger partial charge in [-0.05, 0) is 17.7 Å². The monoisotopic (exact) mass is 252 g/mol. The molecule has 4 heteroatoms. The summed E-state index contributed by atoms with van der Waals surface area (Å²) in [6.45, 7) is 0.268. The van der Waals surface area contributed by atoms with Crippen LogP contribution in [0.1, 0.15) is 5.56 Å². The number of carbonyl (C=O) groups is 1. The Balaban J connectivity index is 1.77. The van der Waals surface area contributed by atoms with Gasteiger partial charge in [0.25, 0.3) is 0 Å². The van der Waals surface area contributed by atoms with Crippen molar-refractivity contribution in [2.75, 3.05) is 0 Å². The van der Waals surface area contributed by atoms with Crippen LogP contribution in [-0.4, -0.2) is 15.6 Å². The maximum absolute atomic E-state index is 12.0. The molecule has 0 aliphatic carbocycles. The highest BCUT2D eigenvalue weighted by Gasteiger charge is 2.09. The van der Waals surface area contributed by atoms with Crippen LogP contribution < -0.4 is 0 Å². The second-order valence-electron chi connectivity index (χ2n) is 4.16. The van der Waals surface area contributed by atoms with Crippen LogP contribution in [0.25, 0.3) is 10.9 Å². The molecule has 2 heterocycles. The molecule has 0 atom stereocenters. The minimum absolute atomic E-state index is 0.268. The SMILES string of the molecule is O=C(OCc1ccccc1)n1ccc2cnccc21. The van der Waals surface area contributed by atoms with Crippen LogP contribution in [0, 0.1) is 0 Å². The van der Waals surface area contributed by atoms with Crippen LogP contribution >= 0.6 is 0 Å².